The Morgan fingerprint density at radius 1 is 1.30 bits per heavy atom. The van der Waals surface area contributed by atoms with Crippen LogP contribution in [-0.4, -0.2) is 22.9 Å². The van der Waals surface area contributed by atoms with Crippen molar-refractivity contribution < 1.29 is 13.5 Å². The summed E-state index contributed by atoms with van der Waals surface area (Å²) in [6.07, 6.45) is 1.59. The molecule has 0 fully saturated rings. The maximum Gasteiger partial charge on any atom is 0.281 e. The lowest BCUT2D eigenvalue weighted by Crippen LogP contribution is -2.15. The van der Waals surface area contributed by atoms with Gasteiger partial charge in [0.1, 0.15) is 5.75 Å². The van der Waals surface area contributed by atoms with Gasteiger partial charge in [0.2, 0.25) is 0 Å². The molecule has 0 saturated carbocycles. The predicted octanol–water partition coefficient (Wildman–Crippen LogP) is 2.56. The Bertz CT molecular complexity index is 868. The van der Waals surface area contributed by atoms with Crippen molar-refractivity contribution in [2.75, 3.05) is 4.72 Å². The Labute approximate surface area is 123 Å². The molecule has 2 aromatic heterocycles. The molecule has 0 atom stereocenters. The van der Waals surface area contributed by atoms with Gasteiger partial charge in [-0.3, -0.25) is 9.12 Å². The van der Waals surface area contributed by atoms with Crippen LogP contribution in [0.3, 0.4) is 0 Å². The van der Waals surface area contributed by atoms with Crippen LogP contribution in [0.15, 0.2) is 40.9 Å². The molecular formula is C11H8ClN3O3S2. The molecule has 0 aliphatic heterocycles. The number of nitrogens with one attached hydrogen (secondary N) is 1. The molecule has 2 N–H and O–H groups in total. The van der Waals surface area contributed by atoms with E-state index in [2.05, 4.69) is 9.71 Å². The van der Waals surface area contributed by atoms with E-state index in [4.69, 9.17) is 11.6 Å². The number of fused-ring (bicyclic) bond motifs is 1. The van der Waals surface area contributed by atoms with E-state index in [0.29, 0.717) is 10.6 Å². The number of benzene rings is 1. The number of halogens is 1. The number of hydrogen-bond donors (Lipinski definition) is 2. The fraction of sp³-hybridized carbons (Fsp3) is 0. The van der Waals surface area contributed by atoms with Gasteiger partial charge in [-0.25, -0.2) is 4.98 Å². The summed E-state index contributed by atoms with van der Waals surface area (Å²) in [5, 5.41) is 10.7. The second-order valence-corrected chi connectivity index (χ2v) is 6.74. The van der Waals surface area contributed by atoms with Crippen LogP contribution in [0.5, 0.6) is 5.75 Å². The molecule has 104 valence electrons. The number of anilines is 1. The summed E-state index contributed by atoms with van der Waals surface area (Å²) in [4.78, 5) is 4.48. The van der Waals surface area contributed by atoms with Gasteiger partial charge < -0.3 is 5.11 Å². The lowest BCUT2D eigenvalue weighted by molar-refractivity contribution is 0.475. The fourth-order valence-electron chi connectivity index (χ4n) is 1.71. The van der Waals surface area contributed by atoms with Crippen molar-refractivity contribution >= 4 is 43.6 Å². The third-order valence-corrected chi connectivity index (χ3v) is 5.09. The summed E-state index contributed by atoms with van der Waals surface area (Å²) >= 11 is 7.19. The Kier molecular flexibility index (Phi) is 3.08. The van der Waals surface area contributed by atoms with Gasteiger partial charge in [-0.1, -0.05) is 11.6 Å². The normalized spacial score (nSPS) is 11.8. The Morgan fingerprint density at radius 2 is 2.00 bits per heavy atom. The molecule has 1 aromatic carbocycles. The Balaban J connectivity index is 2.05. The van der Waals surface area contributed by atoms with Crippen LogP contribution in [0.1, 0.15) is 0 Å². The maximum atomic E-state index is 12.4. The number of imidazole rings is 1. The highest BCUT2D eigenvalue weighted by Gasteiger charge is 2.25. The van der Waals surface area contributed by atoms with E-state index in [1.807, 2.05) is 0 Å². The van der Waals surface area contributed by atoms with Crippen LogP contribution in [-0.2, 0) is 10.0 Å². The van der Waals surface area contributed by atoms with E-state index >= 15 is 0 Å². The number of aromatic nitrogens is 2. The van der Waals surface area contributed by atoms with E-state index in [-0.39, 0.29) is 15.9 Å². The summed E-state index contributed by atoms with van der Waals surface area (Å²) in [7, 11) is -3.87. The highest BCUT2D eigenvalue weighted by molar-refractivity contribution is 7.92. The average Bonchev–Trinajstić information content (AvgIpc) is 2.91. The number of phenols is 1. The highest BCUT2D eigenvalue weighted by Crippen LogP contribution is 2.27. The Hall–Kier alpha value is -1.77. The number of phenolic OH excluding ortho intramolecular Hbond substituents is 1. The summed E-state index contributed by atoms with van der Waals surface area (Å²) < 4.78 is 28.5. The molecule has 0 amide bonds. The van der Waals surface area contributed by atoms with Crippen molar-refractivity contribution in [3.63, 3.8) is 0 Å². The molecule has 0 spiro atoms. The topological polar surface area (TPSA) is 83.7 Å². The highest BCUT2D eigenvalue weighted by atomic mass is 35.5. The van der Waals surface area contributed by atoms with Gasteiger partial charge in [-0.05, 0) is 24.3 Å². The summed E-state index contributed by atoms with van der Waals surface area (Å²) in [5.74, 6) is 0.0514. The first-order valence-corrected chi connectivity index (χ1v) is 8.14. The summed E-state index contributed by atoms with van der Waals surface area (Å²) in [5.41, 5.74) is 0.323. The summed E-state index contributed by atoms with van der Waals surface area (Å²) in [6.45, 7) is 0. The van der Waals surface area contributed by atoms with E-state index in [1.54, 1.807) is 11.6 Å². The molecule has 0 unspecified atom stereocenters. The van der Waals surface area contributed by atoms with Crippen LogP contribution in [0.25, 0.3) is 4.96 Å². The van der Waals surface area contributed by atoms with Crippen molar-refractivity contribution in [3.8, 4) is 5.75 Å². The number of nitrogens with zero attached hydrogens (tertiary/aromatic N) is 2. The standard InChI is InChI=1S/C11H8ClN3O3S2/c12-9-10(15-5-6-19-11(15)13-9)20(17,18)14-7-1-3-8(16)4-2-7/h1-6,14,16H. The zero-order chi connectivity index (χ0) is 14.3. The van der Waals surface area contributed by atoms with E-state index < -0.39 is 10.0 Å². The van der Waals surface area contributed by atoms with Gasteiger partial charge in [0, 0.05) is 17.3 Å². The molecule has 20 heavy (non-hydrogen) atoms. The molecule has 3 aromatic rings. The largest absolute Gasteiger partial charge is 0.508 e. The molecule has 3 rings (SSSR count). The van der Waals surface area contributed by atoms with E-state index in [0.717, 1.165) is 0 Å². The quantitative estimate of drug-likeness (QED) is 0.723. The molecule has 0 saturated heterocycles. The van der Waals surface area contributed by atoms with Crippen molar-refractivity contribution in [1.82, 2.24) is 9.38 Å². The minimum atomic E-state index is -3.87. The number of hydrogen-bond acceptors (Lipinski definition) is 5. The molecule has 0 radical (unpaired) electrons. The zero-order valence-corrected chi connectivity index (χ0v) is 12.2. The number of aromatic hydroxyl groups is 1. The molecule has 0 bridgehead atoms. The number of thiazole rings is 1. The molecule has 2 heterocycles. The molecular weight excluding hydrogens is 322 g/mol. The van der Waals surface area contributed by atoms with Gasteiger partial charge in [-0.15, -0.1) is 11.3 Å². The zero-order valence-electron chi connectivity index (χ0n) is 9.82. The molecule has 0 aliphatic rings. The van der Waals surface area contributed by atoms with E-state index in [9.17, 15) is 13.5 Å². The van der Waals surface area contributed by atoms with Crippen molar-refractivity contribution in [3.05, 3.63) is 41.0 Å². The van der Waals surface area contributed by atoms with Gasteiger partial charge >= 0.3 is 0 Å². The minimum absolute atomic E-state index is 0.0514. The second kappa shape index (κ2) is 4.65. The third-order valence-electron chi connectivity index (χ3n) is 2.55. The number of sulfonamides is 1. The van der Waals surface area contributed by atoms with Crippen molar-refractivity contribution in [2.24, 2.45) is 0 Å². The average molecular weight is 330 g/mol. The first kappa shape index (κ1) is 13.2. The van der Waals surface area contributed by atoms with Crippen molar-refractivity contribution in [2.45, 2.75) is 5.03 Å². The monoisotopic (exact) mass is 329 g/mol. The van der Waals surface area contributed by atoms with Gasteiger partial charge in [0.15, 0.2) is 15.1 Å². The van der Waals surface area contributed by atoms with Crippen LogP contribution in [0.2, 0.25) is 5.15 Å². The van der Waals surface area contributed by atoms with Gasteiger partial charge in [0.05, 0.1) is 0 Å². The van der Waals surface area contributed by atoms with Crippen LogP contribution in [0.4, 0.5) is 5.69 Å². The molecule has 0 aliphatic carbocycles. The van der Waals surface area contributed by atoms with Crippen molar-refractivity contribution in [1.29, 1.82) is 0 Å². The van der Waals surface area contributed by atoms with E-state index in [1.165, 1.54) is 40.0 Å². The van der Waals surface area contributed by atoms with Crippen LogP contribution < -0.4 is 4.72 Å². The minimum Gasteiger partial charge on any atom is -0.508 e. The number of rotatable bonds is 3. The first-order chi connectivity index (χ1) is 9.47. The van der Waals surface area contributed by atoms with Crippen LogP contribution >= 0.6 is 22.9 Å². The van der Waals surface area contributed by atoms with Crippen LogP contribution in [0, 0.1) is 0 Å². The first-order valence-electron chi connectivity index (χ1n) is 5.40. The predicted molar refractivity (Wildman–Crippen MR) is 77.0 cm³/mol. The lowest BCUT2D eigenvalue weighted by atomic mass is 10.3. The maximum absolute atomic E-state index is 12.4. The lowest BCUT2D eigenvalue weighted by Gasteiger charge is -2.07. The SMILES string of the molecule is O=S(=O)(Nc1ccc(O)cc1)c1c(Cl)nc2sccn12. The van der Waals surface area contributed by atoms with Gasteiger partial charge in [0.25, 0.3) is 10.0 Å². The van der Waals surface area contributed by atoms with Gasteiger partial charge in [-0.2, -0.15) is 8.42 Å². The molecule has 9 heteroatoms. The fourth-order valence-corrected chi connectivity index (χ4v) is 4.23. The molecule has 6 nitrogen and oxygen atoms in total. The smallest absolute Gasteiger partial charge is 0.281 e. The second-order valence-electron chi connectivity index (χ2n) is 3.92. The third kappa shape index (κ3) is 2.21. The summed E-state index contributed by atoms with van der Waals surface area (Å²) in [6, 6.07) is 5.67. The Morgan fingerprint density at radius 3 is 2.70 bits per heavy atom.